The number of anilines is 1. The third-order valence-electron chi connectivity index (χ3n) is 3.14. The summed E-state index contributed by atoms with van der Waals surface area (Å²) in [5.74, 6) is 2.31. The first-order chi connectivity index (χ1) is 9.76. The zero-order valence-corrected chi connectivity index (χ0v) is 12.3. The summed E-state index contributed by atoms with van der Waals surface area (Å²) in [5, 5.41) is 3.29. The lowest BCUT2D eigenvalue weighted by Gasteiger charge is -2.13. The van der Waals surface area contributed by atoms with Crippen molar-refractivity contribution < 1.29 is 4.74 Å². The van der Waals surface area contributed by atoms with Gasteiger partial charge in [0, 0.05) is 6.54 Å². The zero-order valence-electron chi connectivity index (χ0n) is 12.3. The molecule has 0 atom stereocenters. The van der Waals surface area contributed by atoms with Crippen LogP contribution < -0.4 is 10.1 Å². The lowest BCUT2D eigenvalue weighted by Crippen LogP contribution is -2.05. The van der Waals surface area contributed by atoms with Crippen LogP contribution in [-0.2, 0) is 6.42 Å². The Kier molecular flexibility index (Phi) is 4.93. The number of aromatic nitrogens is 2. The van der Waals surface area contributed by atoms with Crippen LogP contribution in [0.4, 0.5) is 5.82 Å². The van der Waals surface area contributed by atoms with Crippen LogP contribution in [0, 0.1) is 6.92 Å². The van der Waals surface area contributed by atoms with E-state index < -0.39 is 0 Å². The molecule has 1 heterocycles. The fourth-order valence-corrected chi connectivity index (χ4v) is 1.96. The van der Waals surface area contributed by atoms with Crippen molar-refractivity contribution in [1.82, 2.24) is 9.97 Å². The number of hydrogen-bond acceptors (Lipinski definition) is 4. The van der Waals surface area contributed by atoms with Gasteiger partial charge in [-0.15, -0.1) is 0 Å². The summed E-state index contributed by atoms with van der Waals surface area (Å²) in [7, 11) is 0. The molecule has 1 N–H and O–H groups in total. The average molecular weight is 271 g/mol. The van der Waals surface area contributed by atoms with Gasteiger partial charge in [0.2, 0.25) is 5.88 Å². The summed E-state index contributed by atoms with van der Waals surface area (Å²) in [6, 6.07) is 8.04. The van der Waals surface area contributed by atoms with Gasteiger partial charge in [0.15, 0.2) is 0 Å². The Labute approximate surface area is 120 Å². The number of nitrogens with zero attached hydrogens (tertiary/aromatic N) is 2. The first-order valence-electron chi connectivity index (χ1n) is 7.07. The van der Waals surface area contributed by atoms with Crippen LogP contribution in [0.3, 0.4) is 0 Å². The van der Waals surface area contributed by atoms with E-state index >= 15 is 0 Å². The Morgan fingerprint density at radius 3 is 2.70 bits per heavy atom. The average Bonchev–Trinajstić information content (AvgIpc) is 2.48. The van der Waals surface area contributed by atoms with Crippen LogP contribution in [0.25, 0.3) is 0 Å². The van der Waals surface area contributed by atoms with Crippen molar-refractivity contribution in [2.75, 3.05) is 11.9 Å². The second-order valence-corrected chi connectivity index (χ2v) is 4.64. The van der Waals surface area contributed by atoms with Gasteiger partial charge in [-0.1, -0.05) is 32.0 Å². The Balaban J connectivity index is 2.25. The highest BCUT2D eigenvalue weighted by atomic mass is 16.5. The molecule has 0 radical (unpaired) electrons. The molecule has 20 heavy (non-hydrogen) atoms. The SMILES string of the molecule is CCCNc1ncnc(Oc2ccccc2CC)c1C. The van der Waals surface area contributed by atoms with E-state index in [4.69, 9.17) is 4.74 Å². The van der Waals surface area contributed by atoms with Gasteiger partial charge in [-0.05, 0) is 31.4 Å². The predicted octanol–water partition coefficient (Wildman–Crippen LogP) is 3.96. The molecule has 0 amide bonds. The molecule has 0 aliphatic carbocycles. The second-order valence-electron chi connectivity index (χ2n) is 4.64. The van der Waals surface area contributed by atoms with Gasteiger partial charge >= 0.3 is 0 Å². The molecule has 4 nitrogen and oxygen atoms in total. The topological polar surface area (TPSA) is 47.0 Å². The Morgan fingerprint density at radius 2 is 1.95 bits per heavy atom. The van der Waals surface area contributed by atoms with Gasteiger partial charge in [0.05, 0.1) is 5.56 Å². The highest BCUT2D eigenvalue weighted by molar-refractivity contribution is 5.49. The largest absolute Gasteiger partial charge is 0.438 e. The van der Waals surface area contributed by atoms with Gasteiger partial charge in [-0.2, -0.15) is 0 Å². The van der Waals surface area contributed by atoms with Crippen LogP contribution >= 0.6 is 0 Å². The monoisotopic (exact) mass is 271 g/mol. The fourth-order valence-electron chi connectivity index (χ4n) is 1.96. The maximum Gasteiger partial charge on any atom is 0.227 e. The van der Waals surface area contributed by atoms with Crippen molar-refractivity contribution in [1.29, 1.82) is 0 Å². The van der Waals surface area contributed by atoms with Gasteiger partial charge in [-0.25, -0.2) is 9.97 Å². The number of hydrogen-bond donors (Lipinski definition) is 1. The molecule has 4 heteroatoms. The van der Waals surface area contributed by atoms with E-state index in [0.29, 0.717) is 5.88 Å². The van der Waals surface area contributed by atoms with Crippen molar-refractivity contribution in [3.63, 3.8) is 0 Å². The second kappa shape index (κ2) is 6.89. The van der Waals surface area contributed by atoms with E-state index in [1.165, 1.54) is 11.9 Å². The molecule has 1 aromatic heterocycles. The molecule has 0 unspecified atom stereocenters. The molecule has 0 bridgehead atoms. The number of aryl methyl sites for hydroxylation is 1. The Hall–Kier alpha value is -2.10. The standard InChI is InChI=1S/C16H21N3O/c1-4-10-17-15-12(3)16(19-11-18-15)20-14-9-7-6-8-13(14)5-2/h6-9,11H,4-5,10H2,1-3H3,(H,17,18,19). The molecule has 0 saturated heterocycles. The first-order valence-corrected chi connectivity index (χ1v) is 7.07. The van der Waals surface area contributed by atoms with Crippen LogP contribution in [0.2, 0.25) is 0 Å². The molecular formula is C16H21N3O. The van der Waals surface area contributed by atoms with E-state index in [1.807, 2.05) is 25.1 Å². The lowest BCUT2D eigenvalue weighted by molar-refractivity contribution is 0.452. The van der Waals surface area contributed by atoms with Gasteiger partial charge in [0.1, 0.15) is 17.9 Å². The van der Waals surface area contributed by atoms with Crippen molar-refractivity contribution in [2.45, 2.75) is 33.6 Å². The summed E-state index contributed by atoms with van der Waals surface area (Å²) in [4.78, 5) is 8.50. The molecular weight excluding hydrogens is 250 g/mol. The number of ether oxygens (including phenoxy) is 1. The third kappa shape index (κ3) is 3.26. The molecule has 106 valence electrons. The van der Waals surface area contributed by atoms with Crippen molar-refractivity contribution in [3.05, 3.63) is 41.7 Å². The molecule has 0 spiro atoms. The summed E-state index contributed by atoms with van der Waals surface area (Å²) >= 11 is 0. The van der Waals surface area contributed by atoms with Gasteiger partial charge < -0.3 is 10.1 Å². The molecule has 2 aromatic rings. The summed E-state index contributed by atoms with van der Waals surface area (Å²) in [5.41, 5.74) is 2.11. The zero-order chi connectivity index (χ0) is 14.4. The van der Waals surface area contributed by atoms with Gasteiger partial charge in [-0.3, -0.25) is 0 Å². The maximum atomic E-state index is 5.96. The van der Waals surface area contributed by atoms with Crippen LogP contribution in [0.1, 0.15) is 31.4 Å². The minimum absolute atomic E-state index is 0.611. The molecule has 1 aromatic carbocycles. The van der Waals surface area contributed by atoms with Crippen LogP contribution in [-0.4, -0.2) is 16.5 Å². The van der Waals surface area contributed by atoms with Crippen LogP contribution in [0.15, 0.2) is 30.6 Å². The summed E-state index contributed by atoms with van der Waals surface area (Å²) in [6.45, 7) is 7.10. The van der Waals surface area contributed by atoms with Crippen molar-refractivity contribution >= 4 is 5.82 Å². The number of nitrogens with one attached hydrogen (secondary N) is 1. The number of benzene rings is 1. The van der Waals surface area contributed by atoms with E-state index in [-0.39, 0.29) is 0 Å². The smallest absolute Gasteiger partial charge is 0.227 e. The normalized spacial score (nSPS) is 10.3. The maximum absolute atomic E-state index is 5.96. The molecule has 0 saturated carbocycles. The quantitative estimate of drug-likeness (QED) is 0.863. The lowest BCUT2D eigenvalue weighted by atomic mass is 10.1. The summed E-state index contributed by atoms with van der Waals surface area (Å²) < 4.78 is 5.96. The van der Waals surface area contributed by atoms with Crippen LogP contribution in [0.5, 0.6) is 11.6 Å². The highest BCUT2D eigenvalue weighted by Crippen LogP contribution is 2.28. The third-order valence-corrected chi connectivity index (χ3v) is 3.14. The van der Waals surface area contributed by atoms with E-state index in [0.717, 1.165) is 36.5 Å². The van der Waals surface area contributed by atoms with E-state index in [9.17, 15) is 0 Å². The van der Waals surface area contributed by atoms with E-state index in [1.54, 1.807) is 0 Å². The predicted molar refractivity (Wildman–Crippen MR) is 81.4 cm³/mol. The Morgan fingerprint density at radius 1 is 1.15 bits per heavy atom. The Bertz CT molecular complexity index is 569. The number of rotatable bonds is 6. The highest BCUT2D eigenvalue weighted by Gasteiger charge is 2.10. The number of para-hydroxylation sites is 1. The summed E-state index contributed by atoms with van der Waals surface area (Å²) in [6.07, 6.45) is 3.52. The van der Waals surface area contributed by atoms with Gasteiger partial charge in [0.25, 0.3) is 0 Å². The minimum atomic E-state index is 0.611. The molecule has 0 aliphatic rings. The molecule has 2 rings (SSSR count). The molecule has 0 fully saturated rings. The van der Waals surface area contributed by atoms with Crippen molar-refractivity contribution in [2.24, 2.45) is 0 Å². The minimum Gasteiger partial charge on any atom is -0.438 e. The van der Waals surface area contributed by atoms with E-state index in [2.05, 4.69) is 35.2 Å². The van der Waals surface area contributed by atoms with Crippen molar-refractivity contribution in [3.8, 4) is 11.6 Å². The fraction of sp³-hybridized carbons (Fsp3) is 0.375. The first kappa shape index (κ1) is 14.3. The molecule has 0 aliphatic heterocycles.